The average molecular weight is 233 g/mol. The largest absolute Gasteiger partial charge is 0.388 e. The Morgan fingerprint density at radius 2 is 2.18 bits per heavy atom. The van der Waals surface area contributed by atoms with Crippen molar-refractivity contribution in [3.8, 4) is 0 Å². The van der Waals surface area contributed by atoms with E-state index in [2.05, 4.69) is 23.5 Å². The Labute approximate surface area is 102 Å². The fraction of sp³-hybridized carbons (Fsp3) is 0.571. The van der Waals surface area contributed by atoms with E-state index in [1.165, 1.54) is 11.1 Å². The lowest BCUT2D eigenvalue weighted by molar-refractivity contribution is -0.154. The molecule has 1 fully saturated rings. The van der Waals surface area contributed by atoms with Crippen LogP contribution in [0, 0.1) is 0 Å². The van der Waals surface area contributed by atoms with Gasteiger partial charge in [0.25, 0.3) is 0 Å². The molecular formula is C14H19NO2. The molecule has 0 bridgehead atoms. The van der Waals surface area contributed by atoms with Crippen LogP contribution in [0.25, 0.3) is 0 Å². The molecule has 1 aromatic rings. The smallest absolute Gasteiger partial charge is 0.0891 e. The molecule has 0 saturated heterocycles. The van der Waals surface area contributed by atoms with E-state index in [4.69, 9.17) is 4.74 Å². The van der Waals surface area contributed by atoms with Gasteiger partial charge in [-0.05, 0) is 18.1 Å². The number of fused-ring (bicyclic) bond motifs is 1. The molecule has 92 valence electrons. The van der Waals surface area contributed by atoms with Crippen LogP contribution in [-0.2, 0) is 11.3 Å². The molecule has 0 spiro atoms. The predicted octanol–water partition coefficient (Wildman–Crippen LogP) is 1.76. The minimum absolute atomic E-state index is 0.0791. The van der Waals surface area contributed by atoms with Crippen molar-refractivity contribution < 1.29 is 9.84 Å². The van der Waals surface area contributed by atoms with E-state index in [-0.39, 0.29) is 12.1 Å². The summed E-state index contributed by atoms with van der Waals surface area (Å²) in [6.07, 6.45) is 1.72. The Hall–Kier alpha value is -0.900. The lowest BCUT2D eigenvalue weighted by Crippen LogP contribution is -2.54. The molecule has 1 aliphatic carbocycles. The third-order valence-electron chi connectivity index (χ3n) is 3.96. The van der Waals surface area contributed by atoms with Crippen molar-refractivity contribution in [3.63, 3.8) is 0 Å². The zero-order chi connectivity index (χ0) is 11.9. The van der Waals surface area contributed by atoms with E-state index < -0.39 is 5.60 Å². The second-order valence-corrected chi connectivity index (χ2v) is 5.10. The van der Waals surface area contributed by atoms with Crippen molar-refractivity contribution in [2.24, 2.45) is 0 Å². The maximum absolute atomic E-state index is 10.6. The third kappa shape index (κ3) is 1.79. The van der Waals surface area contributed by atoms with Crippen LogP contribution in [-0.4, -0.2) is 23.4 Å². The molecule has 1 heterocycles. The third-order valence-corrected chi connectivity index (χ3v) is 3.96. The van der Waals surface area contributed by atoms with Gasteiger partial charge in [-0.15, -0.1) is 0 Å². The molecule has 3 nitrogen and oxygen atoms in total. The van der Waals surface area contributed by atoms with E-state index in [0.717, 1.165) is 26.0 Å². The molecule has 17 heavy (non-hydrogen) atoms. The first-order valence-corrected chi connectivity index (χ1v) is 6.38. The van der Waals surface area contributed by atoms with Crippen LogP contribution in [0.15, 0.2) is 24.3 Å². The highest BCUT2D eigenvalue weighted by Gasteiger charge is 2.51. The van der Waals surface area contributed by atoms with Crippen molar-refractivity contribution in [2.45, 2.75) is 44.1 Å². The van der Waals surface area contributed by atoms with Gasteiger partial charge in [-0.3, -0.25) is 0 Å². The van der Waals surface area contributed by atoms with E-state index in [1.807, 2.05) is 13.0 Å². The maximum Gasteiger partial charge on any atom is 0.0891 e. The standard InChI is InChI=1S/C14H19NO2/c1-2-17-11-7-14(16,8-11)13-12-6-4-3-5-10(12)9-15-13/h3-6,11,13,15-16H,2,7-9H2,1H3. The van der Waals surface area contributed by atoms with Crippen LogP contribution in [0.1, 0.15) is 36.9 Å². The summed E-state index contributed by atoms with van der Waals surface area (Å²) in [6, 6.07) is 8.42. The van der Waals surface area contributed by atoms with Gasteiger partial charge in [0.1, 0.15) is 0 Å². The number of ether oxygens (including phenoxy) is 1. The van der Waals surface area contributed by atoms with Gasteiger partial charge < -0.3 is 15.2 Å². The van der Waals surface area contributed by atoms with Crippen LogP contribution < -0.4 is 5.32 Å². The maximum atomic E-state index is 10.6. The highest BCUT2D eigenvalue weighted by molar-refractivity contribution is 5.36. The van der Waals surface area contributed by atoms with Gasteiger partial charge in [0.2, 0.25) is 0 Å². The monoisotopic (exact) mass is 233 g/mol. The van der Waals surface area contributed by atoms with Crippen molar-refractivity contribution in [2.75, 3.05) is 6.61 Å². The summed E-state index contributed by atoms with van der Waals surface area (Å²) in [5.74, 6) is 0. The van der Waals surface area contributed by atoms with Crippen LogP contribution in [0.2, 0.25) is 0 Å². The van der Waals surface area contributed by atoms with E-state index in [0.29, 0.717) is 0 Å². The minimum atomic E-state index is -0.619. The van der Waals surface area contributed by atoms with E-state index in [1.54, 1.807) is 0 Å². The first kappa shape index (κ1) is 11.2. The normalized spacial score (nSPS) is 35.4. The lowest BCUT2D eigenvalue weighted by Gasteiger charge is -2.47. The van der Waals surface area contributed by atoms with Gasteiger partial charge in [0, 0.05) is 26.0 Å². The number of rotatable bonds is 3. The Morgan fingerprint density at radius 1 is 1.41 bits per heavy atom. The summed E-state index contributed by atoms with van der Waals surface area (Å²) in [6.45, 7) is 3.60. The molecule has 0 radical (unpaired) electrons. The number of aliphatic hydroxyl groups is 1. The predicted molar refractivity (Wildman–Crippen MR) is 65.6 cm³/mol. The molecule has 0 aromatic heterocycles. The van der Waals surface area contributed by atoms with Gasteiger partial charge in [-0.1, -0.05) is 24.3 Å². The van der Waals surface area contributed by atoms with Crippen molar-refractivity contribution in [3.05, 3.63) is 35.4 Å². The Bertz CT molecular complexity index is 412. The Kier molecular flexibility index (Phi) is 2.69. The van der Waals surface area contributed by atoms with Crippen LogP contribution in [0.3, 0.4) is 0 Å². The number of hydrogen-bond acceptors (Lipinski definition) is 3. The molecular weight excluding hydrogens is 214 g/mol. The molecule has 1 saturated carbocycles. The second-order valence-electron chi connectivity index (χ2n) is 5.10. The van der Waals surface area contributed by atoms with Crippen LogP contribution in [0.4, 0.5) is 0 Å². The summed E-state index contributed by atoms with van der Waals surface area (Å²) in [5, 5.41) is 14.0. The first-order chi connectivity index (χ1) is 8.23. The van der Waals surface area contributed by atoms with Crippen molar-refractivity contribution in [1.29, 1.82) is 0 Å². The molecule has 1 unspecified atom stereocenters. The van der Waals surface area contributed by atoms with E-state index >= 15 is 0 Å². The van der Waals surface area contributed by atoms with Crippen LogP contribution in [0.5, 0.6) is 0 Å². The topological polar surface area (TPSA) is 41.5 Å². The summed E-state index contributed by atoms with van der Waals surface area (Å²) in [5.41, 5.74) is 1.95. The van der Waals surface area contributed by atoms with Gasteiger partial charge in [-0.2, -0.15) is 0 Å². The summed E-state index contributed by atoms with van der Waals surface area (Å²) in [4.78, 5) is 0. The Morgan fingerprint density at radius 3 is 2.94 bits per heavy atom. The Balaban J connectivity index is 1.75. The van der Waals surface area contributed by atoms with Crippen LogP contribution >= 0.6 is 0 Å². The fourth-order valence-electron chi connectivity index (χ4n) is 3.10. The molecule has 1 atom stereocenters. The summed E-state index contributed by atoms with van der Waals surface area (Å²) < 4.78 is 5.53. The second kappa shape index (κ2) is 4.09. The zero-order valence-electron chi connectivity index (χ0n) is 10.1. The molecule has 3 heteroatoms. The number of hydrogen-bond donors (Lipinski definition) is 2. The van der Waals surface area contributed by atoms with Crippen molar-refractivity contribution in [1.82, 2.24) is 5.32 Å². The SMILES string of the molecule is CCOC1CC(O)(C2NCc3ccccc32)C1. The molecule has 0 amide bonds. The summed E-state index contributed by atoms with van der Waals surface area (Å²) >= 11 is 0. The average Bonchev–Trinajstić information content (AvgIpc) is 2.71. The first-order valence-electron chi connectivity index (χ1n) is 6.38. The fourth-order valence-corrected chi connectivity index (χ4v) is 3.10. The highest BCUT2D eigenvalue weighted by atomic mass is 16.5. The lowest BCUT2D eigenvalue weighted by atomic mass is 9.71. The minimum Gasteiger partial charge on any atom is -0.388 e. The molecule has 3 rings (SSSR count). The summed E-state index contributed by atoms with van der Waals surface area (Å²) in [7, 11) is 0. The number of benzene rings is 1. The zero-order valence-corrected chi connectivity index (χ0v) is 10.1. The van der Waals surface area contributed by atoms with Gasteiger partial charge >= 0.3 is 0 Å². The quantitative estimate of drug-likeness (QED) is 0.836. The van der Waals surface area contributed by atoms with E-state index in [9.17, 15) is 5.11 Å². The van der Waals surface area contributed by atoms with Gasteiger partial charge in [-0.25, -0.2) is 0 Å². The molecule has 1 aliphatic heterocycles. The molecule has 1 aromatic carbocycles. The molecule has 2 N–H and O–H groups in total. The van der Waals surface area contributed by atoms with Gasteiger partial charge in [0.15, 0.2) is 0 Å². The molecule has 2 aliphatic rings. The van der Waals surface area contributed by atoms with Crippen molar-refractivity contribution >= 4 is 0 Å². The highest BCUT2D eigenvalue weighted by Crippen LogP contribution is 2.46. The van der Waals surface area contributed by atoms with Gasteiger partial charge in [0.05, 0.1) is 17.7 Å². The number of nitrogens with one attached hydrogen (secondary N) is 1.